The predicted octanol–water partition coefficient (Wildman–Crippen LogP) is 16.0. The summed E-state index contributed by atoms with van der Waals surface area (Å²) in [5, 5.41) is 8.67. The fourth-order valence-corrected chi connectivity index (χ4v) is 9.23. The summed E-state index contributed by atoms with van der Waals surface area (Å²) >= 11 is 0. The molecule has 0 saturated heterocycles. The van der Waals surface area contributed by atoms with Crippen molar-refractivity contribution >= 4 is 93.3 Å². The Hall–Kier alpha value is -7.56. The highest BCUT2D eigenvalue weighted by Crippen LogP contribution is 2.43. The summed E-state index contributed by atoms with van der Waals surface area (Å²) in [4.78, 5) is 0. The van der Waals surface area contributed by atoms with Crippen molar-refractivity contribution in [2.45, 2.75) is 12.8 Å². The van der Waals surface area contributed by atoms with Gasteiger partial charge in [-0.05, 0) is 142 Å². The topological polar surface area (TPSA) is 52.6 Å². The van der Waals surface area contributed by atoms with Gasteiger partial charge in [-0.1, -0.05) is 85.0 Å². The van der Waals surface area contributed by atoms with Crippen molar-refractivity contribution in [2.24, 2.45) is 0 Å². The Morgan fingerprint density at radius 3 is 1.10 bits per heavy atom. The summed E-state index contributed by atoms with van der Waals surface area (Å²) in [7, 11) is 0. The molecule has 4 nitrogen and oxygen atoms in total. The second-order valence-electron chi connectivity index (χ2n) is 15.5. The van der Waals surface area contributed by atoms with E-state index in [0.29, 0.717) is 0 Å². The molecule has 0 bridgehead atoms. The third-order valence-corrected chi connectivity index (χ3v) is 12.1. The van der Waals surface area contributed by atoms with Crippen molar-refractivity contribution in [3.05, 3.63) is 175 Å². The highest BCUT2D eigenvalue weighted by molar-refractivity contribution is 6.26. The second-order valence-corrected chi connectivity index (χ2v) is 15.5. The lowest BCUT2D eigenvalue weighted by molar-refractivity contribution is 0.663. The van der Waals surface area contributed by atoms with E-state index in [0.717, 1.165) is 123 Å². The molecular weight excluding hydrogens is 713 g/mol. The van der Waals surface area contributed by atoms with E-state index in [1.165, 1.54) is 22.3 Å². The zero-order valence-electron chi connectivity index (χ0n) is 31.2. The molecular formula is C54H32O4. The number of furan rings is 4. The molecule has 8 aromatic carbocycles. The van der Waals surface area contributed by atoms with Crippen molar-refractivity contribution in [2.75, 3.05) is 0 Å². The summed E-state index contributed by atoms with van der Waals surface area (Å²) in [6.07, 6.45) is 8.98. The Kier molecular flexibility index (Phi) is 6.53. The summed E-state index contributed by atoms with van der Waals surface area (Å²) in [6.45, 7) is 0. The van der Waals surface area contributed by atoms with E-state index >= 15 is 0 Å². The number of allylic oxidation sites excluding steroid dienone is 4. The maximum Gasteiger partial charge on any atom is 0.136 e. The van der Waals surface area contributed by atoms with E-state index in [9.17, 15) is 0 Å². The quantitative estimate of drug-likeness (QED) is 0.180. The summed E-state index contributed by atoms with van der Waals surface area (Å²) in [5.74, 6) is 0. The minimum atomic E-state index is 0.836. The SMILES string of the molecule is C1=CC(c2ccc3oc4ccc(-c5ccc6oc7ccc8oc9ccc(-c%10ccc%11oc%12ccc(-c%13ccccc%13)cc%12c%11c%10)cc9c8c7c6c5)cc4c3c2)=CCC1. The van der Waals surface area contributed by atoms with E-state index in [2.05, 4.69) is 152 Å². The molecule has 4 heterocycles. The number of hydrogen-bond acceptors (Lipinski definition) is 4. The van der Waals surface area contributed by atoms with Gasteiger partial charge in [0.1, 0.15) is 44.7 Å². The van der Waals surface area contributed by atoms with Crippen LogP contribution in [0.5, 0.6) is 0 Å². The predicted molar refractivity (Wildman–Crippen MR) is 238 cm³/mol. The lowest BCUT2D eigenvalue weighted by Crippen LogP contribution is -1.85. The molecule has 0 saturated carbocycles. The third-order valence-electron chi connectivity index (χ3n) is 12.1. The minimum Gasteiger partial charge on any atom is -0.456 e. The smallest absolute Gasteiger partial charge is 0.136 e. The van der Waals surface area contributed by atoms with Gasteiger partial charge in [0.05, 0.1) is 0 Å². The molecule has 1 aliphatic rings. The van der Waals surface area contributed by atoms with Gasteiger partial charge in [-0.15, -0.1) is 0 Å². The molecule has 1 aliphatic carbocycles. The zero-order chi connectivity index (χ0) is 37.9. The highest BCUT2D eigenvalue weighted by atomic mass is 16.3. The van der Waals surface area contributed by atoms with Crippen molar-refractivity contribution in [3.8, 4) is 33.4 Å². The molecule has 0 fully saturated rings. The van der Waals surface area contributed by atoms with Gasteiger partial charge in [0.15, 0.2) is 0 Å². The van der Waals surface area contributed by atoms with Crippen molar-refractivity contribution in [1.29, 1.82) is 0 Å². The molecule has 0 radical (unpaired) electrons. The van der Waals surface area contributed by atoms with Gasteiger partial charge in [-0.2, -0.15) is 0 Å². The number of fused-ring (bicyclic) bond motifs is 13. The minimum absolute atomic E-state index is 0.836. The van der Waals surface area contributed by atoms with Gasteiger partial charge in [-0.3, -0.25) is 0 Å². The van der Waals surface area contributed by atoms with Crippen LogP contribution in [0.3, 0.4) is 0 Å². The monoisotopic (exact) mass is 744 g/mol. The zero-order valence-corrected chi connectivity index (χ0v) is 31.2. The number of hydrogen-bond donors (Lipinski definition) is 0. The van der Waals surface area contributed by atoms with E-state index in [1.807, 2.05) is 18.2 Å². The summed E-state index contributed by atoms with van der Waals surface area (Å²) < 4.78 is 25.6. The van der Waals surface area contributed by atoms with Gasteiger partial charge in [0.2, 0.25) is 0 Å². The van der Waals surface area contributed by atoms with Crippen LogP contribution < -0.4 is 0 Å². The molecule has 0 spiro atoms. The molecule has 0 aliphatic heterocycles. The average Bonchev–Trinajstić information content (AvgIpc) is 4.05. The Bertz CT molecular complexity index is 3730. The van der Waals surface area contributed by atoms with Crippen LogP contribution in [-0.4, -0.2) is 0 Å². The second kappa shape index (κ2) is 12.0. The van der Waals surface area contributed by atoms with E-state index < -0.39 is 0 Å². The first kappa shape index (κ1) is 31.6. The lowest BCUT2D eigenvalue weighted by atomic mass is 9.96. The van der Waals surface area contributed by atoms with Crippen LogP contribution in [-0.2, 0) is 0 Å². The first-order valence-electron chi connectivity index (χ1n) is 19.9. The van der Waals surface area contributed by atoms with Crippen LogP contribution >= 0.6 is 0 Å². The molecule has 13 rings (SSSR count). The maximum absolute atomic E-state index is 6.51. The van der Waals surface area contributed by atoms with E-state index in [-0.39, 0.29) is 0 Å². The van der Waals surface area contributed by atoms with Gasteiger partial charge in [-0.25, -0.2) is 0 Å². The average molecular weight is 745 g/mol. The van der Waals surface area contributed by atoms with Crippen molar-refractivity contribution < 1.29 is 17.7 Å². The van der Waals surface area contributed by atoms with Crippen LogP contribution in [0.25, 0.3) is 127 Å². The maximum atomic E-state index is 6.51. The normalized spacial score (nSPS) is 13.4. The fourth-order valence-electron chi connectivity index (χ4n) is 9.23. The molecule has 12 aromatic rings. The van der Waals surface area contributed by atoms with Gasteiger partial charge in [0.25, 0.3) is 0 Å². The number of benzene rings is 8. The largest absolute Gasteiger partial charge is 0.456 e. The van der Waals surface area contributed by atoms with Gasteiger partial charge in [0, 0.05) is 43.1 Å². The molecule has 0 amide bonds. The number of rotatable bonds is 4. The Morgan fingerprint density at radius 1 is 0.293 bits per heavy atom. The van der Waals surface area contributed by atoms with Crippen molar-refractivity contribution in [1.82, 2.24) is 0 Å². The molecule has 0 unspecified atom stereocenters. The standard InChI is InChI=1S/C54H32O4/c1-3-7-31(8-4-1)33-11-17-45-39(25-33)41-27-35(13-19-47(41)55-45)37-15-21-49-43(29-37)53-51(57-49)23-24-52-54(53)44-30-38(16-22-50(44)58-52)36-14-20-48-42(28-36)40-26-34(12-18-46(40)56-48)32-9-5-2-6-10-32/h1,3-5,7-30H,2,6H2. The van der Waals surface area contributed by atoms with Crippen molar-refractivity contribution in [3.63, 3.8) is 0 Å². The summed E-state index contributed by atoms with van der Waals surface area (Å²) in [5.41, 5.74) is 16.2. The van der Waals surface area contributed by atoms with Crippen LogP contribution in [0.1, 0.15) is 18.4 Å². The molecule has 58 heavy (non-hydrogen) atoms. The van der Waals surface area contributed by atoms with E-state index in [1.54, 1.807) is 0 Å². The Morgan fingerprint density at radius 2 is 0.655 bits per heavy atom. The van der Waals surface area contributed by atoms with Crippen LogP contribution in [0, 0.1) is 0 Å². The first-order chi connectivity index (χ1) is 28.7. The molecule has 0 N–H and O–H groups in total. The first-order valence-corrected chi connectivity index (χ1v) is 19.9. The molecule has 4 heteroatoms. The fraction of sp³-hybridized carbons (Fsp3) is 0.0370. The highest BCUT2D eigenvalue weighted by Gasteiger charge is 2.19. The third kappa shape index (κ3) is 4.75. The van der Waals surface area contributed by atoms with Gasteiger partial charge >= 0.3 is 0 Å². The lowest BCUT2D eigenvalue weighted by Gasteiger charge is -2.07. The molecule has 272 valence electrons. The molecule has 0 atom stereocenters. The van der Waals surface area contributed by atoms with Crippen LogP contribution in [0.15, 0.2) is 188 Å². The Labute approximate surface area is 331 Å². The van der Waals surface area contributed by atoms with Crippen LogP contribution in [0.4, 0.5) is 0 Å². The van der Waals surface area contributed by atoms with Crippen LogP contribution in [0.2, 0.25) is 0 Å². The van der Waals surface area contributed by atoms with Gasteiger partial charge < -0.3 is 17.7 Å². The molecule has 4 aromatic heterocycles. The van der Waals surface area contributed by atoms with E-state index in [4.69, 9.17) is 17.7 Å². The Balaban J connectivity index is 0.947. The summed E-state index contributed by atoms with van der Waals surface area (Å²) in [6, 6.07) is 53.5.